The second-order valence-corrected chi connectivity index (χ2v) is 8.90. The SMILES string of the molecule is O=C(CSc1nnc(-c2ccccc2)n1-c1ccccc1)NC(c1ccccc1)c1ccccc1. The highest BCUT2D eigenvalue weighted by molar-refractivity contribution is 7.99. The first kappa shape index (κ1) is 22.6. The molecule has 0 atom stereocenters. The zero-order chi connectivity index (χ0) is 23.9. The van der Waals surface area contributed by atoms with Gasteiger partial charge in [0.15, 0.2) is 11.0 Å². The summed E-state index contributed by atoms with van der Waals surface area (Å²) in [6.45, 7) is 0. The van der Waals surface area contributed by atoms with E-state index >= 15 is 0 Å². The molecule has 0 spiro atoms. The summed E-state index contributed by atoms with van der Waals surface area (Å²) in [4.78, 5) is 13.1. The summed E-state index contributed by atoms with van der Waals surface area (Å²) in [5, 5.41) is 12.8. The average Bonchev–Trinajstić information content (AvgIpc) is 3.36. The van der Waals surface area contributed by atoms with Gasteiger partial charge in [0.2, 0.25) is 5.91 Å². The van der Waals surface area contributed by atoms with Gasteiger partial charge in [-0.2, -0.15) is 0 Å². The van der Waals surface area contributed by atoms with Crippen molar-refractivity contribution < 1.29 is 4.79 Å². The molecule has 0 saturated carbocycles. The van der Waals surface area contributed by atoms with Crippen LogP contribution in [0.25, 0.3) is 17.1 Å². The van der Waals surface area contributed by atoms with Crippen molar-refractivity contribution in [3.63, 3.8) is 0 Å². The van der Waals surface area contributed by atoms with E-state index in [0.717, 1.165) is 28.2 Å². The minimum atomic E-state index is -0.225. The fraction of sp³-hybridized carbons (Fsp3) is 0.0690. The van der Waals surface area contributed by atoms with Crippen LogP contribution in [-0.4, -0.2) is 26.4 Å². The first-order valence-corrected chi connectivity index (χ1v) is 12.4. The van der Waals surface area contributed by atoms with E-state index in [9.17, 15) is 4.79 Å². The second kappa shape index (κ2) is 10.8. The summed E-state index contributed by atoms with van der Waals surface area (Å²) < 4.78 is 2.00. The molecule has 1 amide bonds. The molecule has 1 aromatic heterocycles. The van der Waals surface area contributed by atoms with Crippen LogP contribution in [0.15, 0.2) is 126 Å². The molecular formula is C29H24N4OS. The van der Waals surface area contributed by atoms with Crippen LogP contribution in [0.5, 0.6) is 0 Å². The Balaban J connectivity index is 1.38. The molecule has 5 rings (SSSR count). The van der Waals surface area contributed by atoms with Gasteiger partial charge >= 0.3 is 0 Å². The lowest BCUT2D eigenvalue weighted by Gasteiger charge is -2.20. The van der Waals surface area contributed by atoms with Gasteiger partial charge in [0.05, 0.1) is 11.8 Å². The minimum absolute atomic E-state index is 0.0726. The van der Waals surface area contributed by atoms with E-state index in [1.54, 1.807) is 0 Å². The monoisotopic (exact) mass is 476 g/mol. The fourth-order valence-corrected chi connectivity index (χ4v) is 4.69. The molecule has 4 aromatic carbocycles. The Morgan fingerprint density at radius 2 is 1.23 bits per heavy atom. The molecular weight excluding hydrogens is 452 g/mol. The van der Waals surface area contributed by atoms with Gasteiger partial charge in [-0.05, 0) is 23.3 Å². The van der Waals surface area contributed by atoms with Crippen LogP contribution in [0.1, 0.15) is 17.2 Å². The van der Waals surface area contributed by atoms with Crippen LogP contribution in [0.2, 0.25) is 0 Å². The van der Waals surface area contributed by atoms with Crippen LogP contribution in [0.4, 0.5) is 0 Å². The summed E-state index contributed by atoms with van der Waals surface area (Å²) in [7, 11) is 0. The van der Waals surface area contributed by atoms with Gasteiger partial charge in [-0.1, -0.05) is 121 Å². The maximum atomic E-state index is 13.1. The predicted octanol–water partition coefficient (Wildman–Crippen LogP) is 5.93. The van der Waals surface area contributed by atoms with Crippen molar-refractivity contribution in [3.8, 4) is 17.1 Å². The Morgan fingerprint density at radius 3 is 1.80 bits per heavy atom. The first-order chi connectivity index (χ1) is 17.3. The van der Waals surface area contributed by atoms with E-state index in [1.165, 1.54) is 11.8 Å². The lowest BCUT2D eigenvalue weighted by Crippen LogP contribution is -2.30. The number of amides is 1. The Hall–Kier alpha value is -4.16. The molecule has 6 heteroatoms. The van der Waals surface area contributed by atoms with Gasteiger partial charge in [0.1, 0.15) is 0 Å². The second-order valence-electron chi connectivity index (χ2n) is 7.95. The van der Waals surface area contributed by atoms with Crippen LogP contribution in [-0.2, 0) is 4.79 Å². The highest BCUT2D eigenvalue weighted by Gasteiger charge is 2.20. The maximum absolute atomic E-state index is 13.1. The smallest absolute Gasteiger partial charge is 0.231 e. The number of nitrogens with zero attached hydrogens (tertiary/aromatic N) is 3. The van der Waals surface area contributed by atoms with E-state index in [2.05, 4.69) is 15.5 Å². The third kappa shape index (κ3) is 5.34. The molecule has 1 N–H and O–H groups in total. The molecule has 0 radical (unpaired) electrons. The van der Waals surface area contributed by atoms with Crippen molar-refractivity contribution in [1.29, 1.82) is 0 Å². The van der Waals surface area contributed by atoms with Crippen molar-refractivity contribution in [2.45, 2.75) is 11.2 Å². The number of aromatic nitrogens is 3. The summed E-state index contributed by atoms with van der Waals surface area (Å²) in [6.07, 6.45) is 0. The standard InChI is InChI=1S/C29H24N4OS/c34-26(30-27(22-13-5-1-6-14-22)23-15-7-2-8-16-23)21-35-29-32-31-28(24-17-9-3-10-18-24)33(29)25-19-11-4-12-20-25/h1-20,27H,21H2,(H,30,34). The van der Waals surface area contributed by atoms with Gasteiger partial charge < -0.3 is 5.32 Å². The largest absolute Gasteiger partial charge is 0.344 e. The van der Waals surface area contributed by atoms with Gasteiger partial charge in [-0.25, -0.2) is 0 Å². The van der Waals surface area contributed by atoms with E-state index in [0.29, 0.717) is 5.16 Å². The van der Waals surface area contributed by atoms with Crippen molar-refractivity contribution in [3.05, 3.63) is 132 Å². The average molecular weight is 477 g/mol. The minimum Gasteiger partial charge on any atom is -0.344 e. The van der Waals surface area contributed by atoms with Crippen molar-refractivity contribution in [2.75, 3.05) is 5.75 Å². The van der Waals surface area contributed by atoms with Gasteiger partial charge in [-0.3, -0.25) is 9.36 Å². The van der Waals surface area contributed by atoms with Crippen LogP contribution in [0, 0.1) is 0 Å². The molecule has 172 valence electrons. The van der Waals surface area contributed by atoms with E-state index in [-0.39, 0.29) is 17.7 Å². The van der Waals surface area contributed by atoms with Crippen LogP contribution < -0.4 is 5.32 Å². The number of para-hydroxylation sites is 1. The van der Waals surface area contributed by atoms with Crippen LogP contribution in [0.3, 0.4) is 0 Å². The van der Waals surface area contributed by atoms with Gasteiger partial charge in [0.25, 0.3) is 0 Å². The fourth-order valence-electron chi connectivity index (χ4n) is 3.93. The van der Waals surface area contributed by atoms with Crippen molar-refractivity contribution in [1.82, 2.24) is 20.1 Å². The predicted molar refractivity (Wildman–Crippen MR) is 140 cm³/mol. The first-order valence-electron chi connectivity index (χ1n) is 11.4. The molecule has 0 aliphatic carbocycles. The molecule has 5 nitrogen and oxygen atoms in total. The molecule has 1 heterocycles. The number of carbonyl (C=O) groups is 1. The van der Waals surface area contributed by atoms with E-state index < -0.39 is 0 Å². The lowest BCUT2D eigenvalue weighted by atomic mass is 9.99. The third-order valence-corrected chi connectivity index (χ3v) is 6.51. The summed E-state index contributed by atoms with van der Waals surface area (Å²) in [5.41, 5.74) is 3.99. The number of hydrogen-bond acceptors (Lipinski definition) is 4. The third-order valence-electron chi connectivity index (χ3n) is 5.58. The maximum Gasteiger partial charge on any atom is 0.231 e. The Kier molecular flexibility index (Phi) is 7.01. The molecule has 5 aromatic rings. The van der Waals surface area contributed by atoms with Gasteiger partial charge in [0, 0.05) is 11.3 Å². The zero-order valence-corrected chi connectivity index (χ0v) is 19.8. The Morgan fingerprint density at radius 1 is 0.714 bits per heavy atom. The van der Waals surface area contributed by atoms with Crippen LogP contribution >= 0.6 is 11.8 Å². The molecule has 0 unspecified atom stereocenters. The number of hydrogen-bond donors (Lipinski definition) is 1. The molecule has 0 aliphatic rings. The number of nitrogens with one attached hydrogen (secondary N) is 1. The normalized spacial score (nSPS) is 10.9. The quantitative estimate of drug-likeness (QED) is 0.282. The van der Waals surface area contributed by atoms with E-state index in [1.807, 2.05) is 126 Å². The highest BCUT2D eigenvalue weighted by Crippen LogP contribution is 2.28. The number of carbonyl (C=O) groups excluding carboxylic acids is 1. The van der Waals surface area contributed by atoms with Crippen molar-refractivity contribution in [2.24, 2.45) is 0 Å². The Bertz CT molecular complexity index is 1330. The number of rotatable bonds is 8. The summed E-state index contributed by atoms with van der Waals surface area (Å²) >= 11 is 1.38. The van der Waals surface area contributed by atoms with E-state index in [4.69, 9.17) is 0 Å². The number of thioether (sulfide) groups is 1. The molecule has 0 bridgehead atoms. The lowest BCUT2D eigenvalue weighted by molar-refractivity contribution is -0.119. The molecule has 0 saturated heterocycles. The molecule has 0 fully saturated rings. The molecule has 35 heavy (non-hydrogen) atoms. The Labute approximate surface area is 208 Å². The summed E-state index contributed by atoms with van der Waals surface area (Å²) in [6, 6.07) is 39.7. The highest BCUT2D eigenvalue weighted by atomic mass is 32.2. The topological polar surface area (TPSA) is 59.8 Å². The summed E-state index contributed by atoms with van der Waals surface area (Å²) in [5.74, 6) is 0.887. The molecule has 0 aliphatic heterocycles. The van der Waals surface area contributed by atoms with Gasteiger partial charge in [-0.15, -0.1) is 10.2 Å². The number of benzene rings is 4. The zero-order valence-electron chi connectivity index (χ0n) is 19.0. The van der Waals surface area contributed by atoms with Crippen molar-refractivity contribution >= 4 is 17.7 Å².